The van der Waals surface area contributed by atoms with Crippen LogP contribution in [0.3, 0.4) is 0 Å². The summed E-state index contributed by atoms with van der Waals surface area (Å²) >= 11 is 1.75. The molecule has 30 valence electrons. The van der Waals surface area contributed by atoms with Crippen molar-refractivity contribution in [1.29, 1.82) is 0 Å². The monoisotopic (exact) mass is 262 g/mol. The van der Waals surface area contributed by atoms with Crippen molar-refractivity contribution < 1.29 is 24.8 Å². The van der Waals surface area contributed by atoms with E-state index in [9.17, 15) is 0 Å². The van der Waals surface area contributed by atoms with E-state index >= 15 is 0 Å². The molecule has 0 N–H and O–H groups in total. The summed E-state index contributed by atoms with van der Waals surface area (Å²) in [6, 6.07) is 0. The van der Waals surface area contributed by atoms with Crippen LogP contribution in [0.4, 0.5) is 0 Å². The van der Waals surface area contributed by atoms with Gasteiger partial charge >= 0.3 is 29.2 Å². The first-order chi connectivity index (χ1) is 2.00. The van der Waals surface area contributed by atoms with Gasteiger partial charge in [0.25, 0.3) is 0 Å². The summed E-state index contributed by atoms with van der Waals surface area (Å²) in [4.78, 5) is 8.00. The zero-order chi connectivity index (χ0) is 4.00. The van der Waals surface area contributed by atoms with Crippen LogP contribution in [0.15, 0.2) is 0 Å². The van der Waals surface area contributed by atoms with Crippen LogP contribution in [0.2, 0.25) is 0 Å². The van der Waals surface area contributed by atoms with Gasteiger partial charge in [-0.25, -0.2) is 0 Å². The minimum atomic E-state index is 1.75. The van der Waals surface area contributed by atoms with Crippen LogP contribution in [-0.4, -0.2) is 6.79 Å². The van der Waals surface area contributed by atoms with Crippen molar-refractivity contribution in [3.8, 4) is 0 Å². The molecule has 0 aromatic heterocycles. The average Bonchev–Trinajstić information content (AvgIpc) is 1.50. The van der Waals surface area contributed by atoms with E-state index in [-0.39, 0.29) is 0 Å². The maximum atomic E-state index is 8.00. The Kier molecular flexibility index (Phi) is 121. The second-order valence-corrected chi connectivity index (χ2v) is 0. The molecule has 0 bridgehead atoms. The van der Waals surface area contributed by atoms with Gasteiger partial charge in [0.2, 0.25) is 0 Å². The molecule has 0 atom stereocenters. The molecule has 0 aliphatic rings. The fraction of sp³-hybridized carbons (Fsp3) is 0. The molecule has 0 aliphatic heterocycles. The van der Waals surface area contributed by atoms with Gasteiger partial charge in [-0.15, -0.1) is 0 Å². The quantitative estimate of drug-likeness (QED) is 0.581. The summed E-state index contributed by atoms with van der Waals surface area (Å²) in [6.07, 6.45) is 0. The van der Waals surface area contributed by atoms with Crippen LogP contribution in [0, 0.1) is 0 Å². The number of rotatable bonds is 0. The topological polar surface area (TPSA) is 17.1 Å². The number of halogens is 1. The molecular weight excluding hydrogens is 260 g/mol. The van der Waals surface area contributed by atoms with Gasteiger partial charge in [0.15, 0.2) is 0 Å². The van der Waals surface area contributed by atoms with Gasteiger partial charge in [-0.05, 0) is 0 Å². The Morgan fingerprint density at radius 3 is 1.50 bits per heavy atom. The molecule has 0 rings (SSSR count). The molecule has 0 fully saturated rings. The van der Waals surface area contributed by atoms with Crippen LogP contribution in [0.25, 0.3) is 0 Å². The third kappa shape index (κ3) is 15.9. The van der Waals surface area contributed by atoms with Gasteiger partial charge in [0.05, 0.1) is 0 Å². The summed E-state index contributed by atoms with van der Waals surface area (Å²) in [5, 5.41) is 0. The predicted octanol–water partition coefficient (Wildman–Crippen LogP) is 0.502. The van der Waals surface area contributed by atoms with Gasteiger partial charge in [0.1, 0.15) is 6.79 Å². The standard InChI is InChI=1S/CH2O.Au.ClH/c1-2;;/h1H2;;1H/q;+1;/p-1. The van der Waals surface area contributed by atoms with E-state index in [1.807, 2.05) is 6.79 Å². The molecule has 3 heteroatoms. The zero-order valence-corrected chi connectivity index (χ0v) is 4.72. The molecule has 1 nitrogen and oxygen atoms in total. The van der Waals surface area contributed by atoms with Crippen LogP contribution >= 0.6 is 9.19 Å². The summed E-state index contributed by atoms with van der Waals surface area (Å²) in [7, 11) is 4.58. The first-order valence-electron chi connectivity index (χ1n) is 0.403. The SMILES string of the molecule is C=O.[Cl][Au]. The van der Waals surface area contributed by atoms with E-state index in [0.29, 0.717) is 0 Å². The van der Waals surface area contributed by atoms with Crippen molar-refractivity contribution >= 4 is 16.0 Å². The fourth-order valence-corrected chi connectivity index (χ4v) is 0. The first-order valence-corrected chi connectivity index (χ1v) is 3.09. The van der Waals surface area contributed by atoms with E-state index in [0.717, 1.165) is 0 Å². The second kappa shape index (κ2) is 55.0. The van der Waals surface area contributed by atoms with Crippen LogP contribution < -0.4 is 0 Å². The Balaban J connectivity index is 0. The van der Waals surface area contributed by atoms with E-state index in [1.165, 1.54) is 0 Å². The Labute approximate surface area is 41.1 Å². The third-order valence-electron chi connectivity index (χ3n) is 0. The van der Waals surface area contributed by atoms with Gasteiger partial charge in [-0.2, -0.15) is 0 Å². The second-order valence-electron chi connectivity index (χ2n) is 0. The van der Waals surface area contributed by atoms with E-state index in [1.54, 1.807) is 20.0 Å². The molecule has 0 spiro atoms. The van der Waals surface area contributed by atoms with Gasteiger partial charge in [0, 0.05) is 0 Å². The Hall–Kier alpha value is 0.700. The molecule has 0 heterocycles. The summed E-state index contributed by atoms with van der Waals surface area (Å²) < 4.78 is 0. The van der Waals surface area contributed by atoms with Crippen molar-refractivity contribution in [2.24, 2.45) is 0 Å². The zero-order valence-electron chi connectivity index (χ0n) is 1.79. The van der Waals surface area contributed by atoms with Crippen LogP contribution in [0.5, 0.6) is 0 Å². The van der Waals surface area contributed by atoms with Crippen molar-refractivity contribution in [2.75, 3.05) is 0 Å². The maximum absolute atomic E-state index is 8.00. The minimum absolute atomic E-state index is 1.75. The molecule has 0 unspecified atom stereocenters. The molecule has 0 aliphatic carbocycles. The number of hydrogen-bond donors (Lipinski definition) is 0. The number of hydrogen-bond acceptors (Lipinski definition) is 1. The Bertz CT molecular complexity index is 8.00. The molecule has 0 saturated heterocycles. The third-order valence-corrected chi connectivity index (χ3v) is 0. The molecule has 0 radical (unpaired) electrons. The molecule has 4 heavy (non-hydrogen) atoms. The predicted molar refractivity (Wildman–Crippen MR) is 13.0 cm³/mol. The van der Waals surface area contributed by atoms with E-state index in [4.69, 9.17) is 4.79 Å². The summed E-state index contributed by atoms with van der Waals surface area (Å²) in [5.41, 5.74) is 0. The summed E-state index contributed by atoms with van der Waals surface area (Å²) in [5.74, 6) is 0. The number of carbonyl (C=O) groups is 1. The summed E-state index contributed by atoms with van der Waals surface area (Å²) in [6.45, 7) is 2.00. The van der Waals surface area contributed by atoms with Gasteiger partial charge in [-0.1, -0.05) is 0 Å². The average molecular weight is 262 g/mol. The van der Waals surface area contributed by atoms with Gasteiger partial charge in [-0.3, -0.25) is 0 Å². The van der Waals surface area contributed by atoms with Crippen LogP contribution in [-0.2, 0) is 24.8 Å². The molecule has 0 aromatic rings. The molecule has 0 aromatic carbocycles. The Morgan fingerprint density at radius 2 is 1.50 bits per heavy atom. The first kappa shape index (κ1) is 8.83. The number of carbonyl (C=O) groups excluding carboxylic acids is 1. The normalized spacial score (nSPS) is 2.75. The molecule has 0 amide bonds. The molecule has 0 saturated carbocycles. The van der Waals surface area contributed by atoms with Gasteiger partial charge < -0.3 is 4.79 Å². The van der Waals surface area contributed by atoms with E-state index in [2.05, 4.69) is 9.19 Å². The van der Waals surface area contributed by atoms with E-state index < -0.39 is 0 Å². The fourth-order valence-electron chi connectivity index (χ4n) is 0. The van der Waals surface area contributed by atoms with Crippen molar-refractivity contribution in [2.45, 2.75) is 0 Å². The Morgan fingerprint density at radius 1 is 1.50 bits per heavy atom. The van der Waals surface area contributed by atoms with Crippen molar-refractivity contribution in [3.63, 3.8) is 0 Å². The van der Waals surface area contributed by atoms with Crippen LogP contribution in [0.1, 0.15) is 0 Å². The molecular formula is CH2AuClO. The van der Waals surface area contributed by atoms with Crippen molar-refractivity contribution in [3.05, 3.63) is 0 Å². The van der Waals surface area contributed by atoms with Crippen molar-refractivity contribution in [1.82, 2.24) is 0 Å².